The minimum Gasteiger partial charge on any atom is -0.484 e. The molecule has 0 fully saturated rings. The maximum atomic E-state index is 13.6. The summed E-state index contributed by atoms with van der Waals surface area (Å²) in [5, 5.41) is 3.10. The van der Waals surface area contributed by atoms with Gasteiger partial charge in [-0.2, -0.15) is 0 Å². The molecule has 0 saturated carbocycles. The van der Waals surface area contributed by atoms with Crippen molar-refractivity contribution in [3.8, 4) is 5.75 Å². The number of nitrogens with zero attached hydrogens (tertiary/aromatic N) is 1. The van der Waals surface area contributed by atoms with Gasteiger partial charge in [0.2, 0.25) is 5.91 Å². The Kier molecular flexibility index (Phi) is 10.1. The van der Waals surface area contributed by atoms with Crippen molar-refractivity contribution in [3.63, 3.8) is 0 Å². The van der Waals surface area contributed by atoms with Gasteiger partial charge in [0.25, 0.3) is 5.91 Å². The van der Waals surface area contributed by atoms with Gasteiger partial charge in [-0.25, -0.2) is 0 Å². The highest BCUT2D eigenvalue weighted by atomic mass is 16.5. The van der Waals surface area contributed by atoms with Gasteiger partial charge in [-0.3, -0.25) is 9.59 Å². The number of ether oxygens (including phenoxy) is 1. The quantitative estimate of drug-likeness (QED) is 0.368. The fourth-order valence-corrected chi connectivity index (χ4v) is 4.05. The molecule has 36 heavy (non-hydrogen) atoms. The number of benzene rings is 3. The molecule has 0 heterocycles. The van der Waals surface area contributed by atoms with Crippen LogP contribution in [0.15, 0.2) is 78.9 Å². The molecule has 3 rings (SSSR count). The molecule has 0 aromatic heterocycles. The van der Waals surface area contributed by atoms with Crippen LogP contribution in [0.25, 0.3) is 0 Å². The number of hydrogen-bond acceptors (Lipinski definition) is 3. The third-order valence-electron chi connectivity index (χ3n) is 6.40. The average molecular weight is 487 g/mol. The van der Waals surface area contributed by atoms with Crippen LogP contribution in [0.2, 0.25) is 0 Å². The number of carbonyl (C=O) groups is 2. The van der Waals surface area contributed by atoms with Crippen LogP contribution in [-0.4, -0.2) is 35.4 Å². The Hall–Kier alpha value is -3.60. The molecule has 190 valence electrons. The molecule has 2 atom stereocenters. The highest BCUT2D eigenvalue weighted by Crippen LogP contribution is 2.18. The highest BCUT2D eigenvalue weighted by molar-refractivity contribution is 5.88. The highest BCUT2D eigenvalue weighted by Gasteiger charge is 2.31. The van der Waals surface area contributed by atoms with Gasteiger partial charge in [-0.15, -0.1) is 0 Å². The molecular weight excluding hydrogens is 448 g/mol. The van der Waals surface area contributed by atoms with Crippen molar-refractivity contribution in [2.75, 3.05) is 6.61 Å². The second-order valence-corrected chi connectivity index (χ2v) is 9.32. The first kappa shape index (κ1) is 27.0. The molecule has 1 N–H and O–H groups in total. The van der Waals surface area contributed by atoms with Crippen molar-refractivity contribution in [1.82, 2.24) is 10.2 Å². The lowest BCUT2D eigenvalue weighted by molar-refractivity contribution is -0.143. The van der Waals surface area contributed by atoms with Crippen molar-refractivity contribution in [3.05, 3.63) is 101 Å². The number of rotatable bonds is 12. The molecule has 0 saturated heterocycles. The van der Waals surface area contributed by atoms with Crippen molar-refractivity contribution >= 4 is 11.8 Å². The summed E-state index contributed by atoms with van der Waals surface area (Å²) in [4.78, 5) is 28.8. The number of hydrogen-bond donors (Lipinski definition) is 1. The second-order valence-electron chi connectivity index (χ2n) is 9.32. The summed E-state index contributed by atoms with van der Waals surface area (Å²) in [6.07, 6.45) is 2.17. The van der Waals surface area contributed by atoms with Crippen LogP contribution < -0.4 is 10.1 Å². The average Bonchev–Trinajstić information content (AvgIpc) is 2.90. The van der Waals surface area contributed by atoms with E-state index < -0.39 is 6.04 Å². The van der Waals surface area contributed by atoms with E-state index in [-0.39, 0.29) is 24.5 Å². The van der Waals surface area contributed by atoms with Crippen LogP contribution in [0, 0.1) is 6.92 Å². The first-order valence-electron chi connectivity index (χ1n) is 12.8. The van der Waals surface area contributed by atoms with E-state index >= 15 is 0 Å². The van der Waals surface area contributed by atoms with Crippen LogP contribution in [-0.2, 0) is 29.0 Å². The van der Waals surface area contributed by atoms with E-state index in [1.54, 1.807) is 4.90 Å². The Bertz CT molecular complexity index is 1110. The standard InChI is InChI=1S/C31H38N2O3/c1-5-24(4)32-31(35)29(20-26-12-8-7-9-13-26)33(21-27-14-10-11-23(3)19-27)30(34)22-36-28-17-15-25(6-2)16-18-28/h7-19,24,29H,5-6,20-22H2,1-4H3,(H,32,35)/t24-,29-/m0/s1. The van der Waals surface area contributed by atoms with Crippen molar-refractivity contribution in [2.45, 2.75) is 65.6 Å². The Morgan fingerprint density at radius 2 is 1.58 bits per heavy atom. The molecule has 0 unspecified atom stereocenters. The van der Waals surface area contributed by atoms with E-state index in [0.29, 0.717) is 18.7 Å². The number of carbonyl (C=O) groups excluding carboxylic acids is 2. The third-order valence-corrected chi connectivity index (χ3v) is 6.40. The predicted octanol–water partition coefficient (Wildman–Crippen LogP) is 5.49. The zero-order valence-electron chi connectivity index (χ0n) is 21.9. The van der Waals surface area contributed by atoms with Crippen molar-refractivity contribution < 1.29 is 14.3 Å². The SMILES string of the molecule is CCc1ccc(OCC(=O)N(Cc2cccc(C)c2)[C@@H](Cc2ccccc2)C(=O)N[C@@H](C)CC)cc1. The van der Waals surface area contributed by atoms with Crippen LogP contribution in [0.3, 0.4) is 0 Å². The van der Waals surface area contributed by atoms with Crippen molar-refractivity contribution in [2.24, 2.45) is 0 Å². The number of aryl methyl sites for hydroxylation is 2. The minimum absolute atomic E-state index is 0.0139. The lowest BCUT2D eigenvalue weighted by Crippen LogP contribution is -2.53. The molecule has 0 bridgehead atoms. The van der Waals surface area contributed by atoms with Gasteiger partial charge in [0.05, 0.1) is 0 Å². The number of amides is 2. The molecule has 3 aromatic rings. The molecule has 0 aliphatic heterocycles. The smallest absolute Gasteiger partial charge is 0.261 e. The molecule has 0 radical (unpaired) electrons. The minimum atomic E-state index is -0.666. The summed E-state index contributed by atoms with van der Waals surface area (Å²) < 4.78 is 5.87. The van der Waals surface area contributed by atoms with E-state index in [9.17, 15) is 9.59 Å². The van der Waals surface area contributed by atoms with E-state index in [1.165, 1.54) is 5.56 Å². The zero-order valence-corrected chi connectivity index (χ0v) is 21.9. The third kappa shape index (κ3) is 7.98. The summed E-state index contributed by atoms with van der Waals surface area (Å²) in [5.74, 6) is 0.262. The summed E-state index contributed by atoms with van der Waals surface area (Å²) in [5.41, 5.74) is 4.29. The van der Waals surface area contributed by atoms with Gasteiger partial charge >= 0.3 is 0 Å². The fraction of sp³-hybridized carbons (Fsp3) is 0.355. The van der Waals surface area contributed by atoms with Gasteiger partial charge in [0.15, 0.2) is 6.61 Å². The largest absolute Gasteiger partial charge is 0.484 e. The lowest BCUT2D eigenvalue weighted by atomic mass is 10.0. The van der Waals surface area contributed by atoms with Gasteiger partial charge in [-0.1, -0.05) is 86.1 Å². The van der Waals surface area contributed by atoms with Crippen LogP contribution in [0.4, 0.5) is 0 Å². The summed E-state index contributed by atoms with van der Waals surface area (Å²) in [7, 11) is 0. The zero-order chi connectivity index (χ0) is 25.9. The van der Waals surface area contributed by atoms with E-state index in [2.05, 4.69) is 18.3 Å². The topological polar surface area (TPSA) is 58.6 Å². The molecule has 3 aromatic carbocycles. The van der Waals surface area contributed by atoms with Crippen LogP contribution in [0.1, 0.15) is 49.4 Å². The predicted molar refractivity (Wildman–Crippen MR) is 145 cm³/mol. The Labute approximate surface area is 215 Å². The van der Waals surface area contributed by atoms with E-state index in [4.69, 9.17) is 4.74 Å². The van der Waals surface area contributed by atoms with Crippen LogP contribution >= 0.6 is 0 Å². The normalized spacial score (nSPS) is 12.4. The fourth-order valence-electron chi connectivity index (χ4n) is 4.05. The van der Waals surface area contributed by atoms with Gasteiger partial charge in [0.1, 0.15) is 11.8 Å². The molecule has 0 spiro atoms. The lowest BCUT2D eigenvalue weighted by Gasteiger charge is -2.32. The summed E-state index contributed by atoms with van der Waals surface area (Å²) >= 11 is 0. The molecule has 0 aliphatic carbocycles. The molecule has 5 heteroatoms. The second kappa shape index (κ2) is 13.5. The van der Waals surface area contributed by atoms with Gasteiger partial charge < -0.3 is 15.0 Å². The first-order chi connectivity index (χ1) is 17.4. The summed E-state index contributed by atoms with van der Waals surface area (Å²) in [6, 6.07) is 25.0. The Balaban J connectivity index is 1.89. The molecular formula is C31H38N2O3. The maximum Gasteiger partial charge on any atom is 0.261 e. The van der Waals surface area contributed by atoms with E-state index in [1.807, 2.05) is 93.6 Å². The Morgan fingerprint density at radius 1 is 0.889 bits per heavy atom. The monoisotopic (exact) mass is 486 g/mol. The van der Waals surface area contributed by atoms with E-state index in [0.717, 1.165) is 29.5 Å². The number of nitrogens with one attached hydrogen (secondary N) is 1. The molecule has 5 nitrogen and oxygen atoms in total. The van der Waals surface area contributed by atoms with Gasteiger partial charge in [0, 0.05) is 19.0 Å². The van der Waals surface area contributed by atoms with Crippen LogP contribution in [0.5, 0.6) is 5.75 Å². The summed E-state index contributed by atoms with van der Waals surface area (Å²) in [6.45, 7) is 8.32. The Morgan fingerprint density at radius 3 is 2.22 bits per heavy atom. The first-order valence-corrected chi connectivity index (χ1v) is 12.8. The maximum absolute atomic E-state index is 13.6. The van der Waals surface area contributed by atoms with Crippen molar-refractivity contribution in [1.29, 1.82) is 0 Å². The molecule has 0 aliphatic rings. The van der Waals surface area contributed by atoms with Gasteiger partial charge in [-0.05, 0) is 55.5 Å². The molecule has 2 amide bonds.